The van der Waals surface area contributed by atoms with Gasteiger partial charge in [-0.05, 0) is 47.9 Å². The van der Waals surface area contributed by atoms with Gasteiger partial charge >= 0.3 is 0 Å². The molecule has 0 fully saturated rings. The van der Waals surface area contributed by atoms with E-state index in [9.17, 15) is 0 Å². The standard InChI is InChI=1S/2C11H12S2.Ni/c2*12-10-7-3-5-8-4-1-2-6-9(8)11(10)13;/h2*1-2,4,6,12-13H,3,5,7H2;/p-4. The van der Waals surface area contributed by atoms with Gasteiger partial charge in [-0.15, -0.1) is 0 Å². The summed E-state index contributed by atoms with van der Waals surface area (Å²) in [5.41, 5.74) is 5.07. The Labute approximate surface area is 194 Å². The molecule has 0 heterocycles. The first-order valence-corrected chi connectivity index (χ1v) is 10.5. The third kappa shape index (κ3) is 5.65. The maximum absolute atomic E-state index is 5.33. The van der Waals surface area contributed by atoms with Crippen LogP contribution < -0.4 is 0 Å². The molecule has 0 saturated heterocycles. The summed E-state index contributed by atoms with van der Waals surface area (Å²) in [6.45, 7) is 0. The van der Waals surface area contributed by atoms with E-state index in [-0.39, 0.29) is 16.5 Å². The molecule has 0 aromatic heterocycles. The molecule has 2 aliphatic rings. The van der Waals surface area contributed by atoms with E-state index in [0.717, 1.165) is 58.1 Å². The molecule has 5 heteroatoms. The Kier molecular flexibility index (Phi) is 8.98. The minimum Gasteiger partial charge on any atom is -0.785 e. The van der Waals surface area contributed by atoms with E-state index >= 15 is 0 Å². The van der Waals surface area contributed by atoms with Gasteiger partial charge in [0.25, 0.3) is 0 Å². The van der Waals surface area contributed by atoms with Gasteiger partial charge in [-0.1, -0.05) is 61.4 Å². The van der Waals surface area contributed by atoms with E-state index < -0.39 is 0 Å². The molecule has 0 aliphatic heterocycles. The summed E-state index contributed by atoms with van der Waals surface area (Å²) < 4.78 is 0. The molecule has 2 aliphatic carbocycles. The topological polar surface area (TPSA) is 0 Å². The molecular formula is C22H20NiS4-4. The van der Waals surface area contributed by atoms with Gasteiger partial charge in [0.05, 0.1) is 0 Å². The average Bonchev–Trinajstić information content (AvgIpc) is 2.90. The number of allylic oxidation sites excluding steroid dienone is 2. The van der Waals surface area contributed by atoms with Crippen molar-refractivity contribution < 1.29 is 16.5 Å². The van der Waals surface area contributed by atoms with Gasteiger partial charge in [0, 0.05) is 16.5 Å². The Morgan fingerprint density at radius 1 is 0.519 bits per heavy atom. The van der Waals surface area contributed by atoms with Crippen molar-refractivity contribution in [3.05, 3.63) is 80.6 Å². The SMILES string of the molecule is [Ni].[S-]C1=C([S-])c2ccccc2CCC1.[S-]C1=C([S-])c2ccccc2CCC1. The van der Waals surface area contributed by atoms with E-state index in [1.165, 1.54) is 22.3 Å². The fraction of sp³-hybridized carbons (Fsp3) is 0.273. The van der Waals surface area contributed by atoms with Crippen LogP contribution in [0, 0.1) is 0 Å². The van der Waals surface area contributed by atoms with Crippen molar-refractivity contribution in [1.82, 2.24) is 0 Å². The molecule has 27 heavy (non-hydrogen) atoms. The number of rotatable bonds is 0. The zero-order valence-electron chi connectivity index (χ0n) is 14.8. The zero-order valence-corrected chi connectivity index (χ0v) is 19.1. The van der Waals surface area contributed by atoms with Crippen LogP contribution in [-0.4, -0.2) is 0 Å². The summed E-state index contributed by atoms with van der Waals surface area (Å²) in [5, 5.41) is 0. The number of fused-ring (bicyclic) bond motifs is 2. The van der Waals surface area contributed by atoms with Crippen LogP contribution in [0.1, 0.15) is 47.9 Å². The van der Waals surface area contributed by atoms with Crippen LogP contribution in [-0.2, 0) is 79.8 Å². The van der Waals surface area contributed by atoms with E-state index in [4.69, 9.17) is 50.5 Å². The third-order valence-electron chi connectivity index (χ3n) is 4.73. The summed E-state index contributed by atoms with van der Waals surface area (Å²) >= 11 is 21.2. The minimum absolute atomic E-state index is 0. The van der Waals surface area contributed by atoms with Crippen LogP contribution >= 0.6 is 0 Å². The third-order valence-corrected chi connectivity index (χ3v) is 6.74. The van der Waals surface area contributed by atoms with E-state index in [1.807, 2.05) is 12.1 Å². The minimum atomic E-state index is 0. The monoisotopic (exact) mass is 470 g/mol. The molecule has 146 valence electrons. The Morgan fingerprint density at radius 3 is 1.30 bits per heavy atom. The second-order valence-corrected chi connectivity index (χ2v) is 8.33. The molecule has 2 aromatic rings. The van der Waals surface area contributed by atoms with Gasteiger partial charge in [-0.2, -0.15) is 9.81 Å². The summed E-state index contributed by atoms with van der Waals surface area (Å²) in [6.07, 6.45) is 6.44. The predicted octanol–water partition coefficient (Wildman–Crippen LogP) is 5.57. The van der Waals surface area contributed by atoms with Crippen LogP contribution in [0.5, 0.6) is 0 Å². The quantitative estimate of drug-likeness (QED) is 0.364. The number of hydrogen-bond acceptors (Lipinski definition) is 4. The van der Waals surface area contributed by atoms with Crippen molar-refractivity contribution in [2.45, 2.75) is 38.5 Å². The first-order valence-electron chi connectivity index (χ1n) is 8.89. The fourth-order valence-corrected chi connectivity index (χ4v) is 4.44. The number of aryl methyl sites for hydroxylation is 2. The zero-order chi connectivity index (χ0) is 18.5. The van der Waals surface area contributed by atoms with Gasteiger partial charge in [-0.25, -0.2) is 9.81 Å². The van der Waals surface area contributed by atoms with E-state index in [2.05, 4.69) is 36.4 Å². The van der Waals surface area contributed by atoms with Crippen molar-refractivity contribution in [2.24, 2.45) is 0 Å². The second-order valence-electron chi connectivity index (χ2n) is 6.53. The molecule has 0 saturated carbocycles. The summed E-state index contributed by atoms with van der Waals surface area (Å²) in [4.78, 5) is 3.70. The van der Waals surface area contributed by atoms with Crippen molar-refractivity contribution in [3.8, 4) is 0 Å². The average molecular weight is 471 g/mol. The number of benzene rings is 2. The Bertz CT molecular complexity index is 783. The van der Waals surface area contributed by atoms with Crippen molar-refractivity contribution in [3.63, 3.8) is 0 Å². The molecule has 0 unspecified atom stereocenters. The molecule has 0 radical (unpaired) electrons. The Hall–Kier alpha value is -0.706. The Balaban J connectivity index is 0.000000187. The number of hydrogen-bond donors (Lipinski definition) is 0. The molecule has 0 nitrogen and oxygen atoms in total. The van der Waals surface area contributed by atoms with Crippen LogP contribution in [0.4, 0.5) is 0 Å². The van der Waals surface area contributed by atoms with Gasteiger partial charge in [0.15, 0.2) is 0 Å². The molecule has 0 spiro atoms. The fourth-order valence-electron chi connectivity index (χ4n) is 3.33. The van der Waals surface area contributed by atoms with Crippen molar-refractivity contribution >= 4 is 60.3 Å². The molecule has 0 bridgehead atoms. The molecule has 4 rings (SSSR count). The maximum atomic E-state index is 5.33. The van der Waals surface area contributed by atoms with Crippen LogP contribution in [0.3, 0.4) is 0 Å². The van der Waals surface area contributed by atoms with Crippen molar-refractivity contribution in [1.29, 1.82) is 0 Å². The van der Waals surface area contributed by atoms with E-state index in [1.54, 1.807) is 0 Å². The van der Waals surface area contributed by atoms with Crippen molar-refractivity contribution in [2.75, 3.05) is 0 Å². The van der Waals surface area contributed by atoms with Gasteiger partial charge in [0.1, 0.15) is 0 Å². The summed E-state index contributed by atoms with van der Waals surface area (Å²) in [7, 11) is 0. The van der Waals surface area contributed by atoms with Gasteiger partial charge in [0.2, 0.25) is 0 Å². The summed E-state index contributed by atoms with van der Waals surface area (Å²) in [6, 6.07) is 16.6. The van der Waals surface area contributed by atoms with Gasteiger partial charge in [-0.3, -0.25) is 0 Å². The first-order chi connectivity index (χ1) is 12.6. The molecule has 0 atom stereocenters. The van der Waals surface area contributed by atoms with Crippen LogP contribution in [0.15, 0.2) is 58.3 Å². The van der Waals surface area contributed by atoms with Crippen LogP contribution in [0.25, 0.3) is 9.81 Å². The van der Waals surface area contributed by atoms with E-state index in [0.29, 0.717) is 0 Å². The maximum Gasteiger partial charge on any atom is 0 e. The van der Waals surface area contributed by atoms with Crippen LogP contribution in [0.2, 0.25) is 0 Å². The second kappa shape index (κ2) is 10.7. The Morgan fingerprint density at radius 2 is 0.889 bits per heavy atom. The molecular weight excluding hydrogens is 451 g/mol. The van der Waals surface area contributed by atoms with Gasteiger partial charge < -0.3 is 50.5 Å². The normalized spacial score (nSPS) is 16.0. The smallest absolute Gasteiger partial charge is 0 e. The summed E-state index contributed by atoms with van der Waals surface area (Å²) in [5.74, 6) is 0. The molecule has 2 aromatic carbocycles. The molecule has 0 N–H and O–H groups in total. The first kappa shape index (κ1) is 22.6. The molecule has 0 amide bonds. The predicted molar refractivity (Wildman–Crippen MR) is 122 cm³/mol. The largest absolute Gasteiger partial charge is 0.785 e.